The molecule has 3 aromatic carbocycles. The third-order valence-corrected chi connectivity index (χ3v) is 6.05. The molecular formula is C26H23ClN4O2. The van der Waals surface area contributed by atoms with E-state index in [1.165, 1.54) is 10.8 Å². The number of aromatic nitrogens is 2. The van der Waals surface area contributed by atoms with E-state index >= 15 is 0 Å². The Morgan fingerprint density at radius 2 is 1.67 bits per heavy atom. The third kappa shape index (κ3) is 4.91. The highest BCUT2D eigenvalue weighted by molar-refractivity contribution is 6.30. The van der Waals surface area contributed by atoms with Crippen LogP contribution < -0.4 is 9.64 Å². The lowest BCUT2D eigenvalue weighted by atomic mass is 10.1. The summed E-state index contributed by atoms with van der Waals surface area (Å²) in [6.45, 7) is 2.64. The number of carbonyl (C=O) groups excluding carboxylic acids is 1. The molecule has 4 aromatic rings. The highest BCUT2D eigenvalue weighted by Crippen LogP contribution is 2.24. The van der Waals surface area contributed by atoms with Gasteiger partial charge in [0.2, 0.25) is 0 Å². The molecule has 1 aliphatic rings. The van der Waals surface area contributed by atoms with E-state index in [9.17, 15) is 4.79 Å². The van der Waals surface area contributed by atoms with Crippen LogP contribution in [-0.4, -0.2) is 53.8 Å². The molecule has 2 heterocycles. The van der Waals surface area contributed by atoms with Crippen molar-refractivity contribution in [2.45, 2.75) is 0 Å². The first-order valence-corrected chi connectivity index (χ1v) is 11.3. The maximum absolute atomic E-state index is 12.5. The number of rotatable bonds is 5. The van der Waals surface area contributed by atoms with Gasteiger partial charge >= 0.3 is 0 Å². The molecule has 1 aromatic heterocycles. The summed E-state index contributed by atoms with van der Waals surface area (Å²) in [5.74, 6) is 1.38. The zero-order chi connectivity index (χ0) is 22.6. The minimum Gasteiger partial charge on any atom is -0.484 e. The molecule has 7 heteroatoms. The molecule has 0 atom stereocenters. The maximum atomic E-state index is 12.5. The van der Waals surface area contributed by atoms with Gasteiger partial charge in [-0.15, -0.1) is 10.2 Å². The van der Waals surface area contributed by atoms with Gasteiger partial charge in [0.05, 0.1) is 5.69 Å². The summed E-state index contributed by atoms with van der Waals surface area (Å²) in [5, 5.41) is 11.9. The average molecular weight is 459 g/mol. The van der Waals surface area contributed by atoms with Gasteiger partial charge in [0.25, 0.3) is 5.91 Å². The molecule has 0 N–H and O–H groups in total. The molecule has 1 amide bonds. The van der Waals surface area contributed by atoms with Crippen LogP contribution in [0.4, 0.5) is 5.82 Å². The topological polar surface area (TPSA) is 58.6 Å². The quantitative estimate of drug-likeness (QED) is 0.434. The standard InChI is InChI=1S/C26H23ClN4O2/c27-22-6-3-7-23(17-22)33-18-26(32)31-14-12-30(13-15-31)25-11-10-24(28-29-25)21-9-8-19-4-1-2-5-20(19)16-21/h1-11,16-17H,12-15,18H2. The molecule has 0 saturated carbocycles. The summed E-state index contributed by atoms with van der Waals surface area (Å²) >= 11 is 5.96. The molecule has 0 aliphatic carbocycles. The number of fused-ring (bicyclic) bond motifs is 1. The Morgan fingerprint density at radius 1 is 0.848 bits per heavy atom. The largest absolute Gasteiger partial charge is 0.484 e. The molecule has 1 fully saturated rings. The first kappa shape index (κ1) is 21.2. The fourth-order valence-corrected chi connectivity index (χ4v) is 4.15. The highest BCUT2D eigenvalue weighted by Gasteiger charge is 2.22. The second kappa shape index (κ2) is 9.46. The molecule has 1 aliphatic heterocycles. The Bertz CT molecular complexity index is 1270. The van der Waals surface area contributed by atoms with Crippen molar-refractivity contribution in [2.24, 2.45) is 0 Å². The van der Waals surface area contributed by atoms with E-state index in [4.69, 9.17) is 16.3 Å². The van der Waals surface area contributed by atoms with Crippen LogP contribution in [0.3, 0.4) is 0 Å². The zero-order valence-corrected chi connectivity index (χ0v) is 18.8. The number of nitrogens with zero attached hydrogens (tertiary/aromatic N) is 4. The van der Waals surface area contributed by atoms with Crippen molar-refractivity contribution in [1.29, 1.82) is 0 Å². The predicted molar refractivity (Wildman–Crippen MR) is 131 cm³/mol. The Balaban J connectivity index is 1.17. The molecule has 0 radical (unpaired) electrons. The summed E-state index contributed by atoms with van der Waals surface area (Å²) in [7, 11) is 0. The van der Waals surface area contributed by atoms with Crippen molar-refractivity contribution >= 4 is 34.1 Å². The average Bonchev–Trinajstić information content (AvgIpc) is 2.87. The van der Waals surface area contributed by atoms with Crippen LogP contribution in [0.5, 0.6) is 5.75 Å². The summed E-state index contributed by atoms with van der Waals surface area (Å²) in [6, 6.07) is 25.6. The molecule has 166 valence electrons. The second-order valence-electron chi connectivity index (χ2n) is 7.95. The van der Waals surface area contributed by atoms with Crippen LogP contribution in [-0.2, 0) is 4.79 Å². The van der Waals surface area contributed by atoms with Gasteiger partial charge < -0.3 is 14.5 Å². The van der Waals surface area contributed by atoms with Gasteiger partial charge in [-0.05, 0) is 47.2 Å². The number of amides is 1. The lowest BCUT2D eigenvalue weighted by molar-refractivity contribution is -0.133. The SMILES string of the molecule is O=C(COc1cccc(Cl)c1)N1CCN(c2ccc(-c3ccc4ccccc4c3)nn2)CC1. The van der Waals surface area contributed by atoms with Crippen molar-refractivity contribution in [3.05, 3.63) is 83.9 Å². The van der Waals surface area contributed by atoms with E-state index in [0.29, 0.717) is 37.0 Å². The summed E-state index contributed by atoms with van der Waals surface area (Å²) < 4.78 is 5.58. The number of carbonyl (C=O) groups is 1. The Labute approximate surface area is 197 Å². The minimum atomic E-state index is -0.0349. The number of hydrogen-bond donors (Lipinski definition) is 0. The van der Waals surface area contributed by atoms with Crippen LogP contribution >= 0.6 is 11.6 Å². The van der Waals surface area contributed by atoms with Crippen LogP contribution in [0, 0.1) is 0 Å². The summed E-state index contributed by atoms with van der Waals surface area (Å²) in [5.41, 5.74) is 1.89. The predicted octanol–water partition coefficient (Wildman–Crippen LogP) is 4.68. The molecule has 6 nitrogen and oxygen atoms in total. The summed E-state index contributed by atoms with van der Waals surface area (Å²) in [6.07, 6.45) is 0. The maximum Gasteiger partial charge on any atom is 0.260 e. The number of anilines is 1. The Hall–Kier alpha value is -3.64. The van der Waals surface area contributed by atoms with Gasteiger partial charge in [0, 0.05) is 36.8 Å². The highest BCUT2D eigenvalue weighted by atomic mass is 35.5. The van der Waals surface area contributed by atoms with Crippen LogP contribution in [0.1, 0.15) is 0 Å². The van der Waals surface area contributed by atoms with E-state index < -0.39 is 0 Å². The van der Waals surface area contributed by atoms with Gasteiger partial charge in [0.15, 0.2) is 12.4 Å². The fourth-order valence-electron chi connectivity index (χ4n) is 3.97. The lowest BCUT2D eigenvalue weighted by Crippen LogP contribution is -2.50. The number of halogens is 1. The smallest absolute Gasteiger partial charge is 0.260 e. The van der Waals surface area contributed by atoms with Crippen molar-refractivity contribution < 1.29 is 9.53 Å². The number of piperazine rings is 1. The first-order valence-electron chi connectivity index (χ1n) is 10.9. The third-order valence-electron chi connectivity index (χ3n) is 5.81. The number of ether oxygens (including phenoxy) is 1. The van der Waals surface area contributed by atoms with E-state index in [2.05, 4.69) is 45.4 Å². The second-order valence-corrected chi connectivity index (χ2v) is 8.39. The molecule has 0 spiro atoms. The van der Waals surface area contributed by atoms with Gasteiger partial charge in [-0.3, -0.25) is 4.79 Å². The lowest BCUT2D eigenvalue weighted by Gasteiger charge is -2.35. The van der Waals surface area contributed by atoms with Crippen molar-refractivity contribution in [3.8, 4) is 17.0 Å². The van der Waals surface area contributed by atoms with E-state index in [1.807, 2.05) is 29.2 Å². The van der Waals surface area contributed by atoms with Crippen LogP contribution in [0.2, 0.25) is 5.02 Å². The van der Waals surface area contributed by atoms with Crippen molar-refractivity contribution in [3.63, 3.8) is 0 Å². The van der Waals surface area contributed by atoms with Gasteiger partial charge in [-0.1, -0.05) is 54.1 Å². The number of hydrogen-bond acceptors (Lipinski definition) is 5. The van der Waals surface area contributed by atoms with Crippen LogP contribution in [0.25, 0.3) is 22.0 Å². The van der Waals surface area contributed by atoms with Crippen molar-refractivity contribution in [2.75, 3.05) is 37.7 Å². The number of benzene rings is 3. The minimum absolute atomic E-state index is 0.000598. The van der Waals surface area contributed by atoms with E-state index in [1.54, 1.807) is 24.3 Å². The molecule has 0 unspecified atom stereocenters. The molecule has 33 heavy (non-hydrogen) atoms. The van der Waals surface area contributed by atoms with Gasteiger partial charge in [-0.25, -0.2) is 0 Å². The summed E-state index contributed by atoms with van der Waals surface area (Å²) in [4.78, 5) is 16.5. The van der Waals surface area contributed by atoms with Gasteiger partial charge in [-0.2, -0.15) is 0 Å². The normalized spacial score (nSPS) is 13.8. The Morgan fingerprint density at radius 3 is 2.42 bits per heavy atom. The molecule has 5 rings (SSSR count). The van der Waals surface area contributed by atoms with E-state index in [-0.39, 0.29) is 12.5 Å². The monoisotopic (exact) mass is 458 g/mol. The Kier molecular flexibility index (Phi) is 6.09. The zero-order valence-electron chi connectivity index (χ0n) is 18.0. The van der Waals surface area contributed by atoms with Crippen molar-refractivity contribution in [1.82, 2.24) is 15.1 Å². The first-order chi connectivity index (χ1) is 16.2. The fraction of sp³-hybridized carbons (Fsp3) is 0.192. The molecule has 0 bridgehead atoms. The van der Waals surface area contributed by atoms with E-state index in [0.717, 1.165) is 17.1 Å². The van der Waals surface area contributed by atoms with Crippen LogP contribution in [0.15, 0.2) is 78.9 Å². The van der Waals surface area contributed by atoms with Gasteiger partial charge in [0.1, 0.15) is 5.75 Å². The molecular weight excluding hydrogens is 436 g/mol. The molecule has 1 saturated heterocycles.